The van der Waals surface area contributed by atoms with Crippen LogP contribution in [0.5, 0.6) is 0 Å². The van der Waals surface area contributed by atoms with Gasteiger partial charge in [0.05, 0.1) is 16.5 Å². The summed E-state index contributed by atoms with van der Waals surface area (Å²) in [6.07, 6.45) is 2.09. The summed E-state index contributed by atoms with van der Waals surface area (Å²) in [5.74, 6) is -0.0386. The molecule has 0 saturated carbocycles. The van der Waals surface area contributed by atoms with Gasteiger partial charge in [0.2, 0.25) is 11.8 Å². The Labute approximate surface area is 217 Å². The van der Waals surface area contributed by atoms with Crippen LogP contribution in [-0.4, -0.2) is 37.5 Å². The van der Waals surface area contributed by atoms with Gasteiger partial charge in [-0.25, -0.2) is 4.98 Å². The first kappa shape index (κ1) is 24.7. The highest BCUT2D eigenvalue weighted by molar-refractivity contribution is 7.09. The van der Waals surface area contributed by atoms with E-state index in [4.69, 9.17) is 10.2 Å². The minimum absolute atomic E-state index is 0.0611. The van der Waals surface area contributed by atoms with Gasteiger partial charge < -0.3 is 15.1 Å². The fourth-order valence-electron chi connectivity index (χ4n) is 4.59. The zero-order valence-electron chi connectivity index (χ0n) is 20.5. The molecule has 2 aromatic carbocycles. The molecule has 1 fully saturated rings. The first-order valence-electron chi connectivity index (χ1n) is 11.9. The number of hydrogen-bond acceptors (Lipinski definition) is 9. The number of likely N-dealkylation sites (tertiary alicyclic amines) is 1. The van der Waals surface area contributed by atoms with E-state index in [-0.39, 0.29) is 40.5 Å². The van der Waals surface area contributed by atoms with Crippen LogP contribution >= 0.6 is 11.3 Å². The molecule has 190 valence electrons. The van der Waals surface area contributed by atoms with E-state index in [1.165, 1.54) is 23.5 Å². The monoisotopic (exact) mass is 518 g/mol. The first-order valence-corrected chi connectivity index (χ1v) is 12.8. The average molecular weight is 519 g/mol. The molecule has 10 nitrogen and oxygen atoms in total. The molecule has 2 N–H and O–H groups in total. The van der Waals surface area contributed by atoms with E-state index in [0.29, 0.717) is 13.0 Å². The summed E-state index contributed by atoms with van der Waals surface area (Å²) in [5.41, 5.74) is 7.69. The minimum atomic E-state index is -0.958. The Morgan fingerprint density at radius 2 is 2.05 bits per heavy atom. The van der Waals surface area contributed by atoms with Gasteiger partial charge in [-0.3, -0.25) is 14.9 Å². The lowest BCUT2D eigenvalue weighted by molar-refractivity contribution is -0.384. The number of non-ortho nitro benzene ring substituents is 1. The number of nitrogens with zero attached hydrogens (tertiary/aromatic N) is 5. The van der Waals surface area contributed by atoms with E-state index >= 15 is 0 Å². The summed E-state index contributed by atoms with van der Waals surface area (Å²) in [5, 5.41) is 22.8. The molecule has 0 aliphatic carbocycles. The van der Waals surface area contributed by atoms with Crippen LogP contribution in [0.4, 0.5) is 5.69 Å². The zero-order chi connectivity index (χ0) is 26.2. The Hall–Kier alpha value is -3.96. The number of nitro benzene ring substituents is 1. The van der Waals surface area contributed by atoms with Crippen molar-refractivity contribution < 1.29 is 14.1 Å². The Balaban J connectivity index is 1.46. The van der Waals surface area contributed by atoms with Gasteiger partial charge in [0.15, 0.2) is 0 Å². The maximum absolute atomic E-state index is 13.6. The van der Waals surface area contributed by atoms with Crippen molar-refractivity contribution in [3.8, 4) is 11.5 Å². The third kappa shape index (κ3) is 5.13. The highest BCUT2D eigenvalue weighted by Crippen LogP contribution is 2.36. The van der Waals surface area contributed by atoms with Crippen molar-refractivity contribution in [2.45, 2.75) is 44.7 Å². The minimum Gasteiger partial charge on any atom is -0.419 e. The van der Waals surface area contributed by atoms with E-state index < -0.39 is 10.5 Å². The summed E-state index contributed by atoms with van der Waals surface area (Å²) >= 11 is 1.52. The van der Waals surface area contributed by atoms with Crippen molar-refractivity contribution in [1.29, 1.82) is 0 Å². The number of aryl methyl sites for hydroxylation is 1. The Morgan fingerprint density at radius 3 is 2.76 bits per heavy atom. The quantitative estimate of drug-likeness (QED) is 0.271. The van der Waals surface area contributed by atoms with Gasteiger partial charge in [-0.2, -0.15) is 0 Å². The molecule has 0 unspecified atom stereocenters. The third-order valence-corrected chi connectivity index (χ3v) is 7.45. The second-order valence-corrected chi connectivity index (χ2v) is 10.4. The van der Waals surface area contributed by atoms with E-state index in [1.54, 1.807) is 17.9 Å². The molecule has 37 heavy (non-hydrogen) atoms. The van der Waals surface area contributed by atoms with Crippen LogP contribution < -0.4 is 5.73 Å². The summed E-state index contributed by atoms with van der Waals surface area (Å²) in [4.78, 5) is 31.0. The lowest BCUT2D eigenvalue weighted by Crippen LogP contribution is -2.35. The van der Waals surface area contributed by atoms with Crippen molar-refractivity contribution in [1.82, 2.24) is 20.1 Å². The second-order valence-electron chi connectivity index (χ2n) is 9.50. The molecule has 2 aromatic heterocycles. The molecular weight excluding hydrogens is 492 g/mol. The molecule has 1 saturated heterocycles. The number of benzene rings is 2. The van der Waals surface area contributed by atoms with Gasteiger partial charge in [-0.05, 0) is 44.7 Å². The highest BCUT2D eigenvalue weighted by Gasteiger charge is 2.34. The summed E-state index contributed by atoms with van der Waals surface area (Å²) in [6.45, 7) is 4.25. The van der Waals surface area contributed by atoms with Gasteiger partial charge in [-0.1, -0.05) is 30.3 Å². The molecule has 0 spiro atoms. The molecule has 5 rings (SSSR count). The molecule has 4 aromatic rings. The second kappa shape index (κ2) is 9.83. The maximum Gasteiger partial charge on any atom is 0.271 e. The number of rotatable bonds is 7. The van der Waals surface area contributed by atoms with Crippen molar-refractivity contribution in [3.05, 3.63) is 91.7 Å². The summed E-state index contributed by atoms with van der Waals surface area (Å²) in [6, 6.07) is 13.7. The van der Waals surface area contributed by atoms with Crippen LogP contribution in [0.15, 0.2) is 58.3 Å². The predicted molar refractivity (Wildman–Crippen MR) is 138 cm³/mol. The van der Waals surface area contributed by atoms with E-state index in [0.717, 1.165) is 29.1 Å². The third-order valence-electron chi connectivity index (χ3n) is 6.39. The molecule has 1 aliphatic heterocycles. The first-order chi connectivity index (χ1) is 17.7. The molecule has 1 aliphatic rings. The average Bonchev–Trinajstić information content (AvgIpc) is 3.64. The number of aromatic nitrogens is 3. The number of nitrogens with two attached hydrogens (primary N) is 1. The largest absolute Gasteiger partial charge is 0.419 e. The van der Waals surface area contributed by atoms with Crippen LogP contribution in [0.1, 0.15) is 58.3 Å². The smallest absolute Gasteiger partial charge is 0.271 e. The molecule has 11 heteroatoms. The number of carbonyl (C=O) groups excluding carboxylic acids is 1. The molecule has 3 heterocycles. The van der Waals surface area contributed by atoms with E-state index in [9.17, 15) is 14.9 Å². The number of amides is 1. The van der Waals surface area contributed by atoms with Crippen molar-refractivity contribution >= 4 is 22.9 Å². The van der Waals surface area contributed by atoms with Crippen LogP contribution in [0.25, 0.3) is 11.5 Å². The van der Waals surface area contributed by atoms with Crippen LogP contribution in [0, 0.1) is 17.0 Å². The normalized spacial score (nSPS) is 17.1. The summed E-state index contributed by atoms with van der Waals surface area (Å²) in [7, 11) is 0. The van der Waals surface area contributed by atoms with Crippen molar-refractivity contribution in [2.75, 3.05) is 6.54 Å². The Morgan fingerprint density at radius 1 is 1.27 bits per heavy atom. The fourth-order valence-corrected chi connectivity index (χ4v) is 5.53. The summed E-state index contributed by atoms with van der Waals surface area (Å²) < 4.78 is 5.89. The van der Waals surface area contributed by atoms with Gasteiger partial charge in [0.25, 0.3) is 11.6 Å². The van der Waals surface area contributed by atoms with Gasteiger partial charge in [-0.15, -0.1) is 21.5 Å². The molecule has 0 bridgehead atoms. The molecule has 0 radical (unpaired) electrons. The van der Waals surface area contributed by atoms with Gasteiger partial charge in [0, 0.05) is 40.9 Å². The standard InChI is InChI=1S/C26H26N6O4S/c1-16-15-37-23(28-16)21-9-6-10-31(21)24(33)19-11-18(12-20(13-19)32(34)35)22-29-30-25(36-22)26(2,27)14-17-7-4-3-5-8-17/h3-5,7-8,11-13,15,21H,6,9-10,14,27H2,1-2H3/t21-,26+/m1/s1. The van der Waals surface area contributed by atoms with Crippen molar-refractivity contribution in [3.63, 3.8) is 0 Å². The van der Waals surface area contributed by atoms with Crippen LogP contribution in [0.2, 0.25) is 0 Å². The maximum atomic E-state index is 13.6. The Kier molecular flexibility index (Phi) is 6.57. The SMILES string of the molecule is Cc1csc([C@H]2CCCN2C(=O)c2cc(-c3nnc([C@@](C)(N)Cc4ccccc4)o3)cc([N+](=O)[O-])c2)n1. The highest BCUT2D eigenvalue weighted by atomic mass is 32.1. The lowest BCUT2D eigenvalue weighted by Gasteiger charge is -2.23. The lowest BCUT2D eigenvalue weighted by atomic mass is 9.94. The predicted octanol–water partition coefficient (Wildman–Crippen LogP) is 4.80. The van der Waals surface area contributed by atoms with E-state index in [1.807, 2.05) is 42.6 Å². The molecule has 2 atom stereocenters. The topological polar surface area (TPSA) is 141 Å². The van der Waals surface area contributed by atoms with Crippen LogP contribution in [0.3, 0.4) is 0 Å². The number of nitro groups is 1. The zero-order valence-corrected chi connectivity index (χ0v) is 21.3. The van der Waals surface area contributed by atoms with Crippen molar-refractivity contribution in [2.24, 2.45) is 5.73 Å². The van der Waals surface area contributed by atoms with Gasteiger partial charge >= 0.3 is 0 Å². The molecule has 1 amide bonds. The van der Waals surface area contributed by atoms with Crippen LogP contribution in [-0.2, 0) is 12.0 Å². The molecular formula is C26H26N6O4S. The van der Waals surface area contributed by atoms with Gasteiger partial charge in [0.1, 0.15) is 5.01 Å². The van der Waals surface area contributed by atoms with E-state index in [2.05, 4.69) is 15.2 Å². The number of carbonyl (C=O) groups is 1. The fraction of sp³-hybridized carbons (Fsp3) is 0.308. The number of hydrogen-bond donors (Lipinski definition) is 1. The Bertz CT molecular complexity index is 1450. The number of thiazole rings is 1.